The molecule has 1 heterocycles. The Bertz CT molecular complexity index is 739. The zero-order valence-corrected chi connectivity index (χ0v) is 13.0. The van der Waals surface area contributed by atoms with Crippen molar-refractivity contribution in [2.24, 2.45) is 0 Å². The first-order valence-corrected chi connectivity index (χ1v) is 7.57. The topological polar surface area (TPSA) is 49.8 Å². The fourth-order valence-corrected chi connectivity index (χ4v) is 2.81. The van der Waals surface area contributed by atoms with Gasteiger partial charge >= 0.3 is 0 Å². The maximum absolute atomic E-state index is 12.5. The summed E-state index contributed by atoms with van der Waals surface area (Å²) < 4.78 is 5.30. The molecule has 1 unspecified atom stereocenters. The van der Waals surface area contributed by atoms with Gasteiger partial charge in [-0.15, -0.1) is 0 Å². The highest BCUT2D eigenvalue weighted by Gasteiger charge is 2.29. The Morgan fingerprint density at radius 3 is 2.78 bits per heavy atom. The van der Waals surface area contributed by atoms with Crippen molar-refractivity contribution in [3.8, 4) is 5.75 Å². The van der Waals surface area contributed by atoms with Crippen molar-refractivity contribution in [3.05, 3.63) is 71.3 Å². The molecule has 23 heavy (non-hydrogen) atoms. The second-order valence-corrected chi connectivity index (χ2v) is 5.44. The maximum Gasteiger partial charge on any atom is 0.256 e. The number of amides is 1. The van der Waals surface area contributed by atoms with E-state index in [2.05, 4.69) is 0 Å². The maximum atomic E-state index is 12.5. The highest BCUT2D eigenvalue weighted by atomic mass is 16.5. The summed E-state index contributed by atoms with van der Waals surface area (Å²) in [6, 6.07) is 15.1. The Balaban J connectivity index is 1.76. The number of benzene rings is 2. The zero-order valence-electron chi connectivity index (χ0n) is 13.0. The van der Waals surface area contributed by atoms with Crippen molar-refractivity contribution in [1.82, 2.24) is 4.90 Å². The number of hydrogen-bond acceptors (Lipinski definition) is 3. The fraction of sp³-hybridized carbons (Fsp3) is 0.211. The van der Waals surface area contributed by atoms with Crippen LogP contribution in [-0.2, 0) is 6.42 Å². The van der Waals surface area contributed by atoms with Crippen molar-refractivity contribution in [1.29, 1.82) is 0 Å². The van der Waals surface area contributed by atoms with Crippen LogP contribution in [0.5, 0.6) is 5.75 Å². The Labute approximate surface area is 135 Å². The number of methoxy groups -OCH3 is 1. The summed E-state index contributed by atoms with van der Waals surface area (Å²) in [5.41, 5.74) is 2.51. The first-order chi connectivity index (χ1) is 11.2. The summed E-state index contributed by atoms with van der Waals surface area (Å²) in [5, 5.41) is 10.2. The van der Waals surface area contributed by atoms with Crippen molar-refractivity contribution in [2.75, 3.05) is 13.7 Å². The van der Waals surface area contributed by atoms with Crippen LogP contribution in [-0.4, -0.2) is 35.8 Å². The molecule has 1 amide bonds. The molecule has 0 aliphatic carbocycles. The van der Waals surface area contributed by atoms with Gasteiger partial charge in [-0.1, -0.05) is 48.6 Å². The van der Waals surface area contributed by atoms with Crippen molar-refractivity contribution in [2.45, 2.75) is 12.6 Å². The van der Waals surface area contributed by atoms with E-state index in [1.807, 2.05) is 54.6 Å². The molecule has 0 saturated carbocycles. The molecule has 4 heteroatoms. The van der Waals surface area contributed by atoms with Crippen LogP contribution in [0, 0.1) is 0 Å². The van der Waals surface area contributed by atoms with E-state index in [9.17, 15) is 9.90 Å². The molecule has 0 bridgehead atoms. The van der Waals surface area contributed by atoms with Crippen LogP contribution in [0.25, 0.3) is 6.08 Å². The minimum atomic E-state index is -0.792. The zero-order chi connectivity index (χ0) is 16.2. The van der Waals surface area contributed by atoms with Gasteiger partial charge < -0.3 is 14.7 Å². The molecule has 2 aromatic rings. The number of carbonyl (C=O) groups is 1. The van der Waals surface area contributed by atoms with Crippen molar-refractivity contribution in [3.63, 3.8) is 0 Å². The smallest absolute Gasteiger partial charge is 0.256 e. The van der Waals surface area contributed by atoms with Gasteiger partial charge in [0.25, 0.3) is 5.91 Å². The molecule has 0 aromatic heterocycles. The van der Waals surface area contributed by atoms with E-state index < -0.39 is 6.23 Å². The van der Waals surface area contributed by atoms with E-state index in [-0.39, 0.29) is 5.91 Å². The molecule has 1 aliphatic heterocycles. The number of aliphatic hydroxyl groups is 1. The summed E-state index contributed by atoms with van der Waals surface area (Å²) in [7, 11) is 1.63. The Morgan fingerprint density at radius 2 is 1.96 bits per heavy atom. The molecule has 2 aromatic carbocycles. The van der Waals surface area contributed by atoms with Crippen LogP contribution in [0.15, 0.2) is 54.6 Å². The van der Waals surface area contributed by atoms with Crippen LogP contribution in [0.1, 0.15) is 21.5 Å². The first kappa shape index (κ1) is 15.3. The lowest BCUT2D eigenvalue weighted by Crippen LogP contribution is -2.45. The Kier molecular flexibility index (Phi) is 4.44. The number of carbonyl (C=O) groups excluding carboxylic acids is 1. The van der Waals surface area contributed by atoms with Crippen LogP contribution >= 0.6 is 0 Å². The van der Waals surface area contributed by atoms with Gasteiger partial charge in [0.05, 0.1) is 7.11 Å². The van der Waals surface area contributed by atoms with E-state index in [0.29, 0.717) is 18.5 Å². The van der Waals surface area contributed by atoms with Crippen molar-refractivity contribution >= 4 is 12.0 Å². The highest BCUT2D eigenvalue weighted by molar-refractivity contribution is 5.97. The van der Waals surface area contributed by atoms with Crippen LogP contribution in [0.2, 0.25) is 0 Å². The molecule has 3 rings (SSSR count). The Hall–Kier alpha value is -2.59. The van der Waals surface area contributed by atoms with Gasteiger partial charge in [0.15, 0.2) is 0 Å². The number of aliphatic hydroxyl groups excluding tert-OH is 1. The van der Waals surface area contributed by atoms with E-state index in [0.717, 1.165) is 16.9 Å². The third kappa shape index (κ3) is 3.12. The van der Waals surface area contributed by atoms with Crippen LogP contribution in [0.4, 0.5) is 0 Å². The third-order valence-electron chi connectivity index (χ3n) is 4.01. The number of fused-ring (bicyclic) bond motifs is 1. The summed E-state index contributed by atoms with van der Waals surface area (Å²) in [6.07, 6.45) is 3.44. The van der Waals surface area contributed by atoms with Gasteiger partial charge in [0, 0.05) is 24.1 Å². The predicted octanol–water partition coefficient (Wildman–Crippen LogP) is 2.73. The summed E-state index contributed by atoms with van der Waals surface area (Å²) in [5.74, 6) is 0.642. The number of nitrogens with zero attached hydrogens (tertiary/aromatic N) is 1. The SMILES string of the molecule is COc1ccccc1/C=C/CN1C(=O)c2ccccc2CC1O. The highest BCUT2D eigenvalue weighted by Crippen LogP contribution is 2.23. The lowest BCUT2D eigenvalue weighted by atomic mass is 9.98. The second-order valence-electron chi connectivity index (χ2n) is 5.44. The largest absolute Gasteiger partial charge is 0.496 e. The molecular formula is C19H19NO3. The molecular weight excluding hydrogens is 290 g/mol. The fourth-order valence-electron chi connectivity index (χ4n) is 2.81. The average Bonchev–Trinajstić information content (AvgIpc) is 2.58. The first-order valence-electron chi connectivity index (χ1n) is 7.57. The van der Waals surface area contributed by atoms with Crippen LogP contribution < -0.4 is 4.74 Å². The van der Waals surface area contributed by atoms with Gasteiger partial charge in [-0.25, -0.2) is 0 Å². The van der Waals surface area contributed by atoms with E-state index >= 15 is 0 Å². The standard InChI is InChI=1S/C19H19NO3/c1-23-17-11-5-3-7-14(17)9-6-12-20-18(21)13-15-8-2-4-10-16(15)19(20)22/h2-11,18,21H,12-13H2,1H3/b9-6+. The summed E-state index contributed by atoms with van der Waals surface area (Å²) >= 11 is 0. The molecule has 1 aliphatic rings. The number of ether oxygens (including phenoxy) is 1. The molecule has 0 radical (unpaired) electrons. The summed E-state index contributed by atoms with van der Waals surface area (Å²) in [4.78, 5) is 14.0. The van der Waals surface area contributed by atoms with Gasteiger partial charge in [0.1, 0.15) is 12.0 Å². The van der Waals surface area contributed by atoms with Gasteiger partial charge in [-0.3, -0.25) is 4.79 Å². The molecule has 1 N–H and O–H groups in total. The van der Waals surface area contributed by atoms with Crippen LogP contribution in [0.3, 0.4) is 0 Å². The molecule has 0 saturated heterocycles. The third-order valence-corrected chi connectivity index (χ3v) is 4.01. The van der Waals surface area contributed by atoms with Crippen molar-refractivity contribution < 1.29 is 14.6 Å². The number of hydrogen-bond donors (Lipinski definition) is 1. The molecule has 1 atom stereocenters. The lowest BCUT2D eigenvalue weighted by molar-refractivity contribution is 0.00833. The molecule has 118 valence electrons. The monoisotopic (exact) mass is 309 g/mol. The molecule has 0 fully saturated rings. The van der Waals surface area contributed by atoms with E-state index in [4.69, 9.17) is 4.74 Å². The second kappa shape index (κ2) is 6.67. The predicted molar refractivity (Wildman–Crippen MR) is 89.2 cm³/mol. The molecule has 4 nitrogen and oxygen atoms in total. The normalized spacial score (nSPS) is 17.4. The summed E-state index contributed by atoms with van der Waals surface area (Å²) in [6.45, 7) is 0.354. The average molecular weight is 309 g/mol. The minimum absolute atomic E-state index is 0.135. The van der Waals surface area contributed by atoms with Gasteiger partial charge in [-0.05, 0) is 17.7 Å². The lowest BCUT2D eigenvalue weighted by Gasteiger charge is -2.32. The van der Waals surface area contributed by atoms with E-state index in [1.54, 1.807) is 13.2 Å². The van der Waals surface area contributed by atoms with Gasteiger partial charge in [-0.2, -0.15) is 0 Å². The Morgan fingerprint density at radius 1 is 1.22 bits per heavy atom. The molecule has 0 spiro atoms. The van der Waals surface area contributed by atoms with Gasteiger partial charge in [0.2, 0.25) is 0 Å². The van der Waals surface area contributed by atoms with E-state index in [1.165, 1.54) is 4.90 Å². The number of para-hydroxylation sites is 1. The quantitative estimate of drug-likeness (QED) is 0.945. The minimum Gasteiger partial charge on any atom is -0.496 e. The number of rotatable bonds is 4.